The van der Waals surface area contributed by atoms with Gasteiger partial charge >= 0.3 is 0 Å². The Kier molecular flexibility index (Phi) is 8.12. The number of halogens is 1. The molecule has 6 heteroatoms. The minimum atomic E-state index is -0.183. The van der Waals surface area contributed by atoms with Crippen LogP contribution in [-0.4, -0.2) is 38.8 Å². The van der Waals surface area contributed by atoms with Gasteiger partial charge in [0, 0.05) is 26.3 Å². The van der Waals surface area contributed by atoms with Crippen LogP contribution in [0, 0.1) is 0 Å². The Hall–Kier alpha value is -1.30. The Bertz CT molecular complexity index is 453. The molecule has 1 atom stereocenters. The summed E-state index contributed by atoms with van der Waals surface area (Å²) in [7, 11) is 1.63. The normalized spacial score (nSPS) is 12.0. The van der Waals surface area contributed by atoms with E-state index in [1.165, 1.54) is 0 Å². The number of nitrogens with one attached hydrogen (secondary N) is 1. The number of carbonyl (C=O) groups is 1. The second-order valence-electron chi connectivity index (χ2n) is 4.89. The van der Waals surface area contributed by atoms with Crippen LogP contribution in [0.2, 0.25) is 5.02 Å². The van der Waals surface area contributed by atoms with Crippen LogP contribution < -0.4 is 15.8 Å². The average Bonchev–Trinajstić information content (AvgIpc) is 2.42. The molecule has 1 unspecified atom stereocenters. The topological polar surface area (TPSA) is 73.6 Å². The van der Waals surface area contributed by atoms with Gasteiger partial charge in [0.2, 0.25) is 0 Å². The first-order valence-corrected chi connectivity index (χ1v) is 7.33. The molecule has 0 aliphatic heterocycles. The van der Waals surface area contributed by atoms with Crippen molar-refractivity contribution >= 4 is 17.5 Å². The van der Waals surface area contributed by atoms with E-state index in [-0.39, 0.29) is 18.6 Å². The molecular weight excluding hydrogens is 292 g/mol. The summed E-state index contributed by atoms with van der Waals surface area (Å²) < 4.78 is 10.5. The fourth-order valence-electron chi connectivity index (χ4n) is 1.86. The number of carbonyl (C=O) groups excluding carboxylic acids is 1. The van der Waals surface area contributed by atoms with E-state index in [0.717, 1.165) is 12.0 Å². The maximum absolute atomic E-state index is 11.7. The average molecular weight is 315 g/mol. The summed E-state index contributed by atoms with van der Waals surface area (Å²) in [5, 5.41) is 3.24. The highest BCUT2D eigenvalue weighted by molar-refractivity contribution is 6.32. The van der Waals surface area contributed by atoms with E-state index < -0.39 is 0 Å². The number of ether oxygens (including phenoxy) is 2. The summed E-state index contributed by atoms with van der Waals surface area (Å²) in [5.41, 5.74) is 6.71. The van der Waals surface area contributed by atoms with Gasteiger partial charge in [0.05, 0.1) is 5.02 Å². The van der Waals surface area contributed by atoms with Crippen molar-refractivity contribution < 1.29 is 14.3 Å². The third-order valence-corrected chi connectivity index (χ3v) is 3.08. The van der Waals surface area contributed by atoms with Gasteiger partial charge in [-0.05, 0) is 31.4 Å². The van der Waals surface area contributed by atoms with Gasteiger partial charge in [-0.1, -0.05) is 23.7 Å². The van der Waals surface area contributed by atoms with E-state index in [2.05, 4.69) is 5.32 Å². The van der Waals surface area contributed by atoms with E-state index in [0.29, 0.717) is 30.3 Å². The lowest BCUT2D eigenvalue weighted by atomic mass is 10.1. The number of benzene rings is 1. The summed E-state index contributed by atoms with van der Waals surface area (Å²) >= 11 is 6.13. The second-order valence-corrected chi connectivity index (χ2v) is 5.30. The van der Waals surface area contributed by atoms with E-state index >= 15 is 0 Å². The first-order chi connectivity index (χ1) is 10.0. The van der Waals surface area contributed by atoms with Crippen molar-refractivity contribution in [3.8, 4) is 5.75 Å². The van der Waals surface area contributed by atoms with E-state index in [1.54, 1.807) is 13.2 Å². The van der Waals surface area contributed by atoms with E-state index in [1.807, 2.05) is 19.1 Å². The molecule has 0 aliphatic carbocycles. The maximum Gasteiger partial charge on any atom is 0.257 e. The van der Waals surface area contributed by atoms with Crippen molar-refractivity contribution in [1.29, 1.82) is 0 Å². The summed E-state index contributed by atoms with van der Waals surface area (Å²) in [4.78, 5) is 11.7. The fourth-order valence-corrected chi connectivity index (χ4v) is 2.10. The molecule has 0 spiro atoms. The van der Waals surface area contributed by atoms with Gasteiger partial charge in [-0.25, -0.2) is 0 Å². The van der Waals surface area contributed by atoms with E-state index in [4.69, 9.17) is 26.8 Å². The molecule has 1 amide bonds. The Labute approximate surface area is 130 Å². The molecular formula is C15H23ClN2O3. The molecule has 118 valence electrons. The van der Waals surface area contributed by atoms with Crippen molar-refractivity contribution in [1.82, 2.24) is 5.32 Å². The van der Waals surface area contributed by atoms with Gasteiger partial charge in [0.15, 0.2) is 6.61 Å². The molecule has 5 nitrogen and oxygen atoms in total. The molecule has 3 N–H and O–H groups in total. The van der Waals surface area contributed by atoms with Gasteiger partial charge in [-0.3, -0.25) is 4.79 Å². The summed E-state index contributed by atoms with van der Waals surface area (Å²) in [6.07, 6.45) is 1.41. The quantitative estimate of drug-likeness (QED) is 0.681. The maximum atomic E-state index is 11.7. The number of amides is 1. The van der Waals surface area contributed by atoms with Crippen LogP contribution in [0.5, 0.6) is 5.75 Å². The third-order valence-electron chi connectivity index (χ3n) is 2.79. The summed E-state index contributed by atoms with van der Waals surface area (Å²) in [5.74, 6) is 0.348. The highest BCUT2D eigenvalue weighted by atomic mass is 35.5. The van der Waals surface area contributed by atoms with Gasteiger partial charge in [-0.2, -0.15) is 0 Å². The van der Waals surface area contributed by atoms with Gasteiger partial charge in [-0.15, -0.1) is 0 Å². The number of nitrogens with two attached hydrogens (primary N) is 1. The highest BCUT2D eigenvalue weighted by Crippen LogP contribution is 2.29. The lowest BCUT2D eigenvalue weighted by molar-refractivity contribution is -0.123. The molecule has 0 fully saturated rings. The van der Waals surface area contributed by atoms with Crippen LogP contribution in [0.25, 0.3) is 0 Å². The lowest BCUT2D eigenvalue weighted by Crippen LogP contribution is -2.30. The van der Waals surface area contributed by atoms with Crippen molar-refractivity contribution in [2.24, 2.45) is 5.73 Å². The van der Waals surface area contributed by atoms with Gasteiger partial charge in [0.1, 0.15) is 5.75 Å². The first-order valence-electron chi connectivity index (χ1n) is 6.96. The van der Waals surface area contributed by atoms with Crippen LogP contribution in [0.3, 0.4) is 0 Å². The zero-order valence-electron chi connectivity index (χ0n) is 12.5. The molecule has 0 radical (unpaired) electrons. The Morgan fingerprint density at radius 1 is 1.48 bits per heavy atom. The molecule has 21 heavy (non-hydrogen) atoms. The molecule has 0 saturated carbocycles. The standard InChI is InChI=1S/C15H23ClN2O3/c1-11(17)9-12-5-3-6-13(16)15(12)21-10-14(19)18-7-4-8-20-2/h3,5-6,11H,4,7-10,17H2,1-2H3,(H,18,19). The predicted octanol–water partition coefficient (Wildman–Crippen LogP) is 1.76. The monoisotopic (exact) mass is 314 g/mol. The predicted molar refractivity (Wildman–Crippen MR) is 83.8 cm³/mol. The number of hydrogen-bond donors (Lipinski definition) is 2. The SMILES string of the molecule is COCCCNC(=O)COc1c(Cl)cccc1CC(C)N. The Morgan fingerprint density at radius 3 is 2.90 bits per heavy atom. The largest absolute Gasteiger partial charge is 0.482 e. The van der Waals surface area contributed by atoms with Crippen LogP contribution in [0.15, 0.2) is 18.2 Å². The van der Waals surface area contributed by atoms with Crippen molar-refractivity contribution in [3.05, 3.63) is 28.8 Å². The molecule has 1 rings (SSSR count). The van der Waals surface area contributed by atoms with Crippen LogP contribution in [0.4, 0.5) is 0 Å². The smallest absolute Gasteiger partial charge is 0.257 e. The molecule has 0 saturated heterocycles. The van der Waals surface area contributed by atoms with Crippen molar-refractivity contribution in [2.75, 3.05) is 26.9 Å². The Balaban J connectivity index is 2.52. The fraction of sp³-hybridized carbons (Fsp3) is 0.533. The third kappa shape index (κ3) is 6.80. The Morgan fingerprint density at radius 2 is 2.24 bits per heavy atom. The zero-order valence-corrected chi connectivity index (χ0v) is 13.3. The van der Waals surface area contributed by atoms with Crippen LogP contribution in [-0.2, 0) is 16.0 Å². The second kappa shape index (κ2) is 9.60. The molecule has 1 aromatic rings. The highest BCUT2D eigenvalue weighted by Gasteiger charge is 2.12. The lowest BCUT2D eigenvalue weighted by Gasteiger charge is -2.14. The van der Waals surface area contributed by atoms with Crippen molar-refractivity contribution in [2.45, 2.75) is 25.8 Å². The molecule has 0 aromatic heterocycles. The molecule has 0 heterocycles. The molecule has 0 aliphatic rings. The number of hydrogen-bond acceptors (Lipinski definition) is 4. The van der Waals surface area contributed by atoms with Crippen molar-refractivity contribution in [3.63, 3.8) is 0 Å². The van der Waals surface area contributed by atoms with E-state index in [9.17, 15) is 4.79 Å². The molecule has 1 aromatic carbocycles. The number of methoxy groups -OCH3 is 1. The first kappa shape index (κ1) is 17.8. The van der Waals surface area contributed by atoms with Crippen LogP contribution >= 0.6 is 11.6 Å². The van der Waals surface area contributed by atoms with Crippen LogP contribution in [0.1, 0.15) is 18.9 Å². The van der Waals surface area contributed by atoms with Gasteiger partial charge < -0.3 is 20.5 Å². The number of para-hydroxylation sites is 1. The minimum Gasteiger partial charge on any atom is -0.482 e. The minimum absolute atomic E-state index is 0.00585. The number of rotatable bonds is 9. The van der Waals surface area contributed by atoms with Gasteiger partial charge in [0.25, 0.3) is 5.91 Å². The molecule has 0 bridgehead atoms. The summed E-state index contributed by atoms with van der Waals surface area (Å²) in [6, 6.07) is 5.48. The zero-order chi connectivity index (χ0) is 15.7. The summed E-state index contributed by atoms with van der Waals surface area (Å²) in [6.45, 7) is 3.02.